The fourth-order valence-corrected chi connectivity index (χ4v) is 3.64. The summed E-state index contributed by atoms with van der Waals surface area (Å²) in [5.41, 5.74) is 1.42. The zero-order chi connectivity index (χ0) is 18.8. The maximum Gasteiger partial charge on any atom is 0.252 e. The van der Waals surface area contributed by atoms with Crippen LogP contribution in [0.4, 0.5) is 0 Å². The van der Waals surface area contributed by atoms with E-state index in [1.54, 1.807) is 6.92 Å². The van der Waals surface area contributed by atoms with Gasteiger partial charge in [-0.15, -0.1) is 0 Å². The summed E-state index contributed by atoms with van der Waals surface area (Å²) >= 11 is 0. The Balaban J connectivity index is 1.85. The van der Waals surface area contributed by atoms with E-state index in [0.717, 1.165) is 25.7 Å². The molecule has 5 nitrogen and oxygen atoms in total. The standard InChI is InChI=1S/C21H29N3O2/c1-15-22-19(24-26-15)21(13-7-5-6-8-14-21)23-18(25)16-9-11-17(12-10-16)20(2,3)4/h9-12H,5-8,13-14H2,1-4H3,(H,23,25). The largest absolute Gasteiger partial charge is 0.340 e. The van der Waals surface area contributed by atoms with E-state index in [4.69, 9.17) is 4.52 Å². The fourth-order valence-electron chi connectivity index (χ4n) is 3.64. The van der Waals surface area contributed by atoms with E-state index in [1.807, 2.05) is 24.3 Å². The molecule has 0 saturated heterocycles. The molecule has 1 aromatic heterocycles. The molecule has 3 rings (SSSR count). The smallest absolute Gasteiger partial charge is 0.252 e. The topological polar surface area (TPSA) is 68.0 Å². The average Bonchev–Trinajstić information content (AvgIpc) is 2.90. The van der Waals surface area contributed by atoms with Crippen LogP contribution in [0.15, 0.2) is 28.8 Å². The molecule has 26 heavy (non-hydrogen) atoms. The van der Waals surface area contributed by atoms with Gasteiger partial charge in [-0.25, -0.2) is 0 Å². The molecule has 1 N–H and O–H groups in total. The second-order valence-corrected chi connectivity index (χ2v) is 8.41. The van der Waals surface area contributed by atoms with Crippen LogP contribution in [-0.4, -0.2) is 16.0 Å². The summed E-state index contributed by atoms with van der Waals surface area (Å²) in [6.07, 6.45) is 6.15. The SMILES string of the molecule is Cc1nc(C2(NC(=O)c3ccc(C(C)(C)C)cc3)CCCCCC2)no1. The Hall–Kier alpha value is -2.17. The molecule has 1 aliphatic rings. The van der Waals surface area contributed by atoms with Crippen molar-refractivity contribution in [3.8, 4) is 0 Å². The average molecular weight is 355 g/mol. The van der Waals surface area contributed by atoms with Crippen molar-refractivity contribution in [1.82, 2.24) is 15.5 Å². The minimum absolute atomic E-state index is 0.0691. The van der Waals surface area contributed by atoms with Crippen LogP contribution in [0.3, 0.4) is 0 Å². The van der Waals surface area contributed by atoms with E-state index in [9.17, 15) is 4.79 Å². The van der Waals surface area contributed by atoms with E-state index in [-0.39, 0.29) is 11.3 Å². The first kappa shape index (κ1) is 18.6. The predicted octanol–water partition coefficient (Wildman–Crippen LogP) is 4.66. The lowest BCUT2D eigenvalue weighted by Crippen LogP contribution is -2.46. The quantitative estimate of drug-likeness (QED) is 0.813. The zero-order valence-electron chi connectivity index (χ0n) is 16.3. The van der Waals surface area contributed by atoms with Crippen molar-refractivity contribution in [3.63, 3.8) is 0 Å². The molecule has 1 amide bonds. The van der Waals surface area contributed by atoms with Gasteiger partial charge in [-0.2, -0.15) is 4.98 Å². The molecular formula is C21H29N3O2. The van der Waals surface area contributed by atoms with Crippen LogP contribution in [0.5, 0.6) is 0 Å². The van der Waals surface area contributed by atoms with Crippen LogP contribution in [0.25, 0.3) is 0 Å². The Kier molecular flexibility index (Phi) is 5.17. The number of carbonyl (C=O) groups is 1. The van der Waals surface area contributed by atoms with Crippen molar-refractivity contribution in [2.24, 2.45) is 0 Å². The first-order valence-electron chi connectivity index (χ1n) is 9.54. The van der Waals surface area contributed by atoms with Gasteiger partial charge in [-0.1, -0.05) is 63.7 Å². The van der Waals surface area contributed by atoms with E-state index >= 15 is 0 Å². The van der Waals surface area contributed by atoms with Gasteiger partial charge in [0.1, 0.15) is 5.54 Å². The predicted molar refractivity (Wildman–Crippen MR) is 101 cm³/mol. The Morgan fingerprint density at radius 1 is 1.08 bits per heavy atom. The number of amides is 1. The highest BCUT2D eigenvalue weighted by Gasteiger charge is 2.39. The van der Waals surface area contributed by atoms with Gasteiger partial charge in [-0.05, 0) is 36.0 Å². The fraction of sp³-hybridized carbons (Fsp3) is 0.571. The first-order valence-corrected chi connectivity index (χ1v) is 9.54. The third-order valence-electron chi connectivity index (χ3n) is 5.28. The lowest BCUT2D eigenvalue weighted by atomic mass is 9.86. The van der Waals surface area contributed by atoms with E-state index in [0.29, 0.717) is 17.3 Å². The van der Waals surface area contributed by atoms with Gasteiger partial charge >= 0.3 is 0 Å². The second-order valence-electron chi connectivity index (χ2n) is 8.41. The van der Waals surface area contributed by atoms with Crippen LogP contribution in [0, 0.1) is 6.92 Å². The number of nitrogens with zero attached hydrogens (tertiary/aromatic N) is 2. The lowest BCUT2D eigenvalue weighted by molar-refractivity contribution is 0.0876. The van der Waals surface area contributed by atoms with Crippen LogP contribution in [0.2, 0.25) is 0 Å². The van der Waals surface area contributed by atoms with Crippen molar-refractivity contribution in [2.75, 3.05) is 0 Å². The van der Waals surface area contributed by atoms with Crippen molar-refractivity contribution >= 4 is 5.91 Å². The third-order valence-corrected chi connectivity index (χ3v) is 5.28. The number of hydrogen-bond donors (Lipinski definition) is 1. The maximum atomic E-state index is 13.0. The molecule has 5 heteroatoms. The number of hydrogen-bond acceptors (Lipinski definition) is 4. The number of rotatable bonds is 3. The highest BCUT2D eigenvalue weighted by molar-refractivity contribution is 5.94. The molecule has 1 saturated carbocycles. The monoisotopic (exact) mass is 355 g/mol. The lowest BCUT2D eigenvalue weighted by Gasteiger charge is -2.31. The Morgan fingerprint density at radius 3 is 2.19 bits per heavy atom. The molecule has 0 radical (unpaired) electrons. The summed E-state index contributed by atoms with van der Waals surface area (Å²) in [5.74, 6) is 1.07. The summed E-state index contributed by atoms with van der Waals surface area (Å²) in [6.45, 7) is 8.29. The van der Waals surface area contributed by atoms with Crippen LogP contribution in [0.1, 0.15) is 86.9 Å². The number of benzene rings is 1. The van der Waals surface area contributed by atoms with Crippen molar-refractivity contribution < 1.29 is 9.32 Å². The second kappa shape index (κ2) is 7.22. The number of carbonyl (C=O) groups excluding carboxylic acids is 1. The molecule has 0 bridgehead atoms. The highest BCUT2D eigenvalue weighted by atomic mass is 16.5. The van der Waals surface area contributed by atoms with Gasteiger partial charge in [0.25, 0.3) is 5.91 Å². The molecule has 1 fully saturated rings. The van der Waals surface area contributed by atoms with Gasteiger partial charge < -0.3 is 9.84 Å². The summed E-state index contributed by atoms with van der Waals surface area (Å²) in [7, 11) is 0. The Morgan fingerprint density at radius 2 is 1.69 bits per heavy atom. The molecule has 1 heterocycles. The van der Waals surface area contributed by atoms with Gasteiger partial charge in [-0.3, -0.25) is 4.79 Å². The van der Waals surface area contributed by atoms with Crippen molar-refractivity contribution in [3.05, 3.63) is 47.1 Å². The minimum atomic E-state index is -0.534. The molecule has 140 valence electrons. The molecule has 1 aliphatic carbocycles. The number of aromatic nitrogens is 2. The summed E-state index contributed by atoms with van der Waals surface area (Å²) in [4.78, 5) is 17.4. The minimum Gasteiger partial charge on any atom is -0.340 e. The van der Waals surface area contributed by atoms with E-state index in [1.165, 1.54) is 18.4 Å². The summed E-state index contributed by atoms with van der Waals surface area (Å²) < 4.78 is 5.21. The van der Waals surface area contributed by atoms with Crippen LogP contribution in [-0.2, 0) is 11.0 Å². The molecule has 1 aromatic carbocycles. The third kappa shape index (κ3) is 3.97. The Bertz CT molecular complexity index is 748. The number of aryl methyl sites for hydroxylation is 1. The van der Waals surface area contributed by atoms with Gasteiger partial charge in [0.2, 0.25) is 5.89 Å². The number of nitrogens with one attached hydrogen (secondary N) is 1. The molecule has 0 spiro atoms. The normalized spacial score (nSPS) is 17.5. The zero-order valence-corrected chi connectivity index (χ0v) is 16.3. The summed E-state index contributed by atoms with van der Waals surface area (Å²) in [6, 6.07) is 7.88. The van der Waals surface area contributed by atoms with Crippen molar-refractivity contribution in [1.29, 1.82) is 0 Å². The maximum absolute atomic E-state index is 13.0. The molecule has 0 atom stereocenters. The Labute approximate surface area is 155 Å². The van der Waals surface area contributed by atoms with Gasteiger partial charge in [0.15, 0.2) is 5.82 Å². The molecular weight excluding hydrogens is 326 g/mol. The van der Waals surface area contributed by atoms with Crippen molar-refractivity contribution in [2.45, 2.75) is 77.2 Å². The van der Waals surface area contributed by atoms with Gasteiger partial charge in [0, 0.05) is 12.5 Å². The van der Waals surface area contributed by atoms with Crippen LogP contribution < -0.4 is 5.32 Å². The molecule has 2 aromatic rings. The molecule has 0 unspecified atom stereocenters. The summed E-state index contributed by atoms with van der Waals surface area (Å²) in [5, 5.41) is 7.40. The molecule has 0 aliphatic heterocycles. The van der Waals surface area contributed by atoms with Crippen LogP contribution >= 0.6 is 0 Å². The van der Waals surface area contributed by atoms with Gasteiger partial charge in [0.05, 0.1) is 0 Å². The first-order chi connectivity index (χ1) is 12.3. The van der Waals surface area contributed by atoms with E-state index in [2.05, 4.69) is 36.2 Å². The highest BCUT2D eigenvalue weighted by Crippen LogP contribution is 2.35. The van der Waals surface area contributed by atoms with E-state index < -0.39 is 5.54 Å².